The molecule has 0 fully saturated rings. The second-order valence-electron chi connectivity index (χ2n) is 7.38. The molecular formula is C25H21N3O3S. The molecule has 32 heavy (non-hydrogen) atoms. The normalized spacial score (nSPS) is 14.9. The fraction of sp³-hybridized carbons (Fsp3) is 0.160. The maximum atomic E-state index is 12.8. The molecule has 0 radical (unpaired) electrons. The minimum absolute atomic E-state index is 0.0432. The van der Waals surface area contributed by atoms with Crippen LogP contribution in [0, 0.1) is 0 Å². The quantitative estimate of drug-likeness (QED) is 0.225. The van der Waals surface area contributed by atoms with Gasteiger partial charge in [-0.05, 0) is 29.0 Å². The molecule has 0 amide bonds. The van der Waals surface area contributed by atoms with Crippen LogP contribution in [-0.2, 0) is 6.54 Å². The molecule has 0 saturated heterocycles. The van der Waals surface area contributed by atoms with Crippen LogP contribution < -0.4 is 9.47 Å². The van der Waals surface area contributed by atoms with Crippen molar-refractivity contribution in [2.75, 3.05) is 12.4 Å². The zero-order valence-corrected chi connectivity index (χ0v) is 18.1. The van der Waals surface area contributed by atoms with Gasteiger partial charge in [-0.25, -0.2) is 0 Å². The third-order valence-corrected chi connectivity index (χ3v) is 6.22. The number of carbonyl (C=O) groups excluding carboxylic acids is 1. The smallest absolute Gasteiger partial charge is 0.192 e. The zero-order chi connectivity index (χ0) is 21.9. The van der Waals surface area contributed by atoms with Crippen molar-refractivity contribution < 1.29 is 14.3 Å². The molecule has 6 nitrogen and oxygen atoms in total. The van der Waals surface area contributed by atoms with Crippen molar-refractivity contribution >= 4 is 28.3 Å². The van der Waals surface area contributed by atoms with E-state index < -0.39 is 0 Å². The van der Waals surface area contributed by atoms with E-state index in [0.29, 0.717) is 41.2 Å². The van der Waals surface area contributed by atoms with E-state index >= 15 is 0 Å². The minimum Gasteiger partial charge on any atom is -0.485 e. The van der Waals surface area contributed by atoms with Crippen molar-refractivity contribution in [3.63, 3.8) is 0 Å². The highest BCUT2D eigenvalue weighted by Gasteiger charge is 2.28. The molecule has 0 saturated carbocycles. The van der Waals surface area contributed by atoms with Crippen molar-refractivity contribution in [3.8, 4) is 11.5 Å². The summed E-state index contributed by atoms with van der Waals surface area (Å²) >= 11 is 1.36. The lowest BCUT2D eigenvalue weighted by Gasteiger charge is -2.26. The Balaban J connectivity index is 1.33. The number of hydrogen-bond acceptors (Lipinski definition) is 6. The molecule has 0 aliphatic carbocycles. The van der Waals surface area contributed by atoms with Gasteiger partial charge in [0.05, 0.1) is 5.75 Å². The van der Waals surface area contributed by atoms with Gasteiger partial charge in [-0.1, -0.05) is 66.4 Å². The summed E-state index contributed by atoms with van der Waals surface area (Å²) in [6.45, 7) is 4.70. The molecule has 1 unspecified atom stereocenters. The summed E-state index contributed by atoms with van der Waals surface area (Å²) in [5, 5.41) is 11.5. The number of benzene rings is 3. The van der Waals surface area contributed by atoms with Crippen LogP contribution in [0.2, 0.25) is 0 Å². The van der Waals surface area contributed by atoms with Gasteiger partial charge in [0.2, 0.25) is 0 Å². The number of ether oxygens (including phenoxy) is 2. The van der Waals surface area contributed by atoms with Gasteiger partial charge < -0.3 is 9.47 Å². The van der Waals surface area contributed by atoms with Crippen molar-refractivity contribution in [1.82, 2.24) is 14.8 Å². The number of aromatic nitrogens is 3. The number of nitrogens with zero attached hydrogens (tertiary/aromatic N) is 3. The minimum atomic E-state index is -0.386. The Labute approximate surface area is 189 Å². The maximum absolute atomic E-state index is 12.8. The third kappa shape index (κ3) is 3.99. The molecule has 1 aliphatic rings. The first-order valence-electron chi connectivity index (χ1n) is 10.3. The highest BCUT2D eigenvalue weighted by Crippen LogP contribution is 2.36. The first kappa shape index (κ1) is 20.3. The van der Waals surface area contributed by atoms with E-state index in [-0.39, 0.29) is 17.6 Å². The lowest BCUT2D eigenvalue weighted by atomic mass is 10.1. The number of thioether (sulfide) groups is 1. The molecule has 3 aromatic carbocycles. The van der Waals surface area contributed by atoms with Crippen LogP contribution >= 0.6 is 11.8 Å². The fourth-order valence-electron chi connectivity index (χ4n) is 3.67. The Kier molecular flexibility index (Phi) is 5.64. The molecule has 0 bridgehead atoms. The molecule has 7 heteroatoms. The number of para-hydroxylation sites is 2. The van der Waals surface area contributed by atoms with Crippen molar-refractivity contribution in [2.45, 2.75) is 17.8 Å². The molecule has 0 spiro atoms. The maximum Gasteiger partial charge on any atom is 0.192 e. The number of hydrogen-bond donors (Lipinski definition) is 0. The van der Waals surface area contributed by atoms with E-state index in [1.165, 1.54) is 11.8 Å². The molecule has 2 heterocycles. The van der Waals surface area contributed by atoms with Crippen LogP contribution in [0.25, 0.3) is 10.8 Å². The number of rotatable bonds is 7. The Morgan fingerprint density at radius 1 is 1.06 bits per heavy atom. The van der Waals surface area contributed by atoms with E-state index in [1.807, 2.05) is 71.3 Å². The van der Waals surface area contributed by atoms with Gasteiger partial charge in [0.15, 0.2) is 34.4 Å². The standard InChI is InChI=1S/C25H21N3O3S/c1-2-13-28-24(23-15-30-21-9-5-6-10-22(21)31-23)26-27-25(28)32-16-20(29)19-12-11-17-7-3-4-8-18(17)14-19/h2-12,14,23H,1,13,15-16H2. The van der Waals surface area contributed by atoms with E-state index in [1.54, 1.807) is 6.08 Å². The molecule has 160 valence electrons. The molecule has 1 atom stereocenters. The summed E-state index contributed by atoms with van der Waals surface area (Å²) in [5.41, 5.74) is 0.687. The summed E-state index contributed by atoms with van der Waals surface area (Å²) in [6, 6.07) is 21.3. The average molecular weight is 444 g/mol. The first-order chi connectivity index (χ1) is 15.7. The van der Waals surface area contributed by atoms with E-state index in [9.17, 15) is 4.79 Å². The van der Waals surface area contributed by atoms with Crippen molar-refractivity contribution in [2.24, 2.45) is 0 Å². The topological polar surface area (TPSA) is 66.2 Å². The van der Waals surface area contributed by atoms with Crippen molar-refractivity contribution in [3.05, 3.63) is 90.8 Å². The van der Waals surface area contributed by atoms with E-state index in [0.717, 1.165) is 10.8 Å². The summed E-state index contributed by atoms with van der Waals surface area (Å²) in [7, 11) is 0. The summed E-state index contributed by atoms with van der Waals surface area (Å²) in [4.78, 5) is 12.8. The second-order valence-corrected chi connectivity index (χ2v) is 8.32. The Bertz CT molecular complexity index is 1300. The molecule has 5 rings (SSSR count). The number of fused-ring (bicyclic) bond motifs is 2. The summed E-state index contributed by atoms with van der Waals surface area (Å²) < 4.78 is 13.9. The van der Waals surface area contributed by atoms with Crippen LogP contribution in [0.3, 0.4) is 0 Å². The number of Topliss-reactive ketones (excluding diaryl/α,β-unsaturated/α-hetero) is 1. The highest BCUT2D eigenvalue weighted by molar-refractivity contribution is 7.99. The van der Waals surface area contributed by atoms with Gasteiger partial charge in [0.25, 0.3) is 0 Å². The van der Waals surface area contributed by atoms with Crippen LogP contribution in [0.5, 0.6) is 11.5 Å². The van der Waals surface area contributed by atoms with Gasteiger partial charge in [-0.3, -0.25) is 9.36 Å². The average Bonchev–Trinajstić information content (AvgIpc) is 3.24. The number of ketones is 1. The zero-order valence-electron chi connectivity index (χ0n) is 17.3. The lowest BCUT2D eigenvalue weighted by molar-refractivity contribution is 0.0821. The molecule has 1 aliphatic heterocycles. The van der Waals surface area contributed by atoms with Gasteiger partial charge in [0, 0.05) is 12.1 Å². The molecular weight excluding hydrogens is 422 g/mol. The van der Waals surface area contributed by atoms with E-state index in [2.05, 4.69) is 16.8 Å². The third-order valence-electron chi connectivity index (χ3n) is 5.26. The first-order valence-corrected chi connectivity index (χ1v) is 11.3. The van der Waals surface area contributed by atoms with Crippen molar-refractivity contribution in [1.29, 1.82) is 0 Å². The van der Waals surface area contributed by atoms with Gasteiger partial charge in [0.1, 0.15) is 6.61 Å². The Morgan fingerprint density at radius 2 is 1.84 bits per heavy atom. The van der Waals surface area contributed by atoms with Crippen LogP contribution in [0.1, 0.15) is 22.3 Å². The Hall–Kier alpha value is -3.58. The predicted octanol–water partition coefficient (Wildman–Crippen LogP) is 5.10. The second kappa shape index (κ2) is 8.88. The largest absolute Gasteiger partial charge is 0.485 e. The van der Waals surface area contributed by atoms with Crippen LogP contribution in [-0.4, -0.2) is 32.9 Å². The lowest BCUT2D eigenvalue weighted by Crippen LogP contribution is -2.25. The van der Waals surface area contributed by atoms with E-state index in [4.69, 9.17) is 9.47 Å². The molecule has 0 N–H and O–H groups in total. The summed E-state index contributed by atoms with van der Waals surface area (Å²) in [5.74, 6) is 2.35. The fourth-order valence-corrected chi connectivity index (χ4v) is 4.52. The van der Waals surface area contributed by atoms with Crippen LogP contribution in [0.15, 0.2) is 84.5 Å². The molecule has 4 aromatic rings. The SMILES string of the molecule is C=CCn1c(SCC(=O)c2ccc3ccccc3c2)nnc1C1COc2ccccc2O1. The van der Waals surface area contributed by atoms with Gasteiger partial charge >= 0.3 is 0 Å². The number of allylic oxidation sites excluding steroid dienone is 1. The number of carbonyl (C=O) groups is 1. The predicted molar refractivity (Wildman–Crippen MR) is 125 cm³/mol. The highest BCUT2D eigenvalue weighted by atomic mass is 32.2. The Morgan fingerprint density at radius 3 is 2.69 bits per heavy atom. The van der Waals surface area contributed by atoms with Crippen LogP contribution in [0.4, 0.5) is 0 Å². The van der Waals surface area contributed by atoms with Gasteiger partial charge in [-0.2, -0.15) is 0 Å². The molecule has 1 aromatic heterocycles. The van der Waals surface area contributed by atoms with Gasteiger partial charge in [-0.15, -0.1) is 16.8 Å². The monoisotopic (exact) mass is 443 g/mol. The summed E-state index contributed by atoms with van der Waals surface area (Å²) in [6.07, 6.45) is 1.39.